The molecule has 5 N–H and O–H groups in total. The van der Waals surface area contributed by atoms with Gasteiger partial charge in [0.15, 0.2) is 0 Å². The minimum Gasteiger partial charge on any atom is -0.461 e. The Labute approximate surface area is 99.7 Å². The standard InChI is InChI=1S/C5H12N3O2.CH3.Y/c1-3(6)4(7-2)5(9)8-10;;/h3-4,7,10H,2,6H2,1H3,(H,8,9);1H3;/q2*-1;/i;1D;. The van der Waals surface area contributed by atoms with Crippen molar-refractivity contribution in [2.75, 3.05) is 0 Å². The van der Waals surface area contributed by atoms with Crippen molar-refractivity contribution in [1.82, 2.24) is 10.8 Å². The Hall–Kier alpha value is 0.454. The number of hydroxylamine groups is 1. The summed E-state index contributed by atoms with van der Waals surface area (Å²) in [6.07, 6.45) is 0. The van der Waals surface area contributed by atoms with Crippen LogP contribution in [0.25, 0.3) is 0 Å². The van der Waals surface area contributed by atoms with Gasteiger partial charge < -0.3 is 18.5 Å². The Morgan fingerprint density at radius 1 is 1.83 bits per heavy atom. The number of carbonyl (C=O) groups excluding carboxylic acids is 1. The molecule has 2 atom stereocenters. The second-order valence-corrected chi connectivity index (χ2v) is 2.02. The summed E-state index contributed by atoms with van der Waals surface area (Å²) in [5.74, 6) is -0.579. The predicted molar refractivity (Wildman–Crippen MR) is 42.3 cm³/mol. The third-order valence-electron chi connectivity index (χ3n) is 1.14. The zero-order valence-corrected chi connectivity index (χ0v) is 9.92. The Bertz CT molecular complexity index is 126. The maximum atomic E-state index is 10.6. The largest absolute Gasteiger partial charge is 0.461 e. The van der Waals surface area contributed by atoms with E-state index in [0.717, 1.165) is 0 Å². The molecule has 0 heterocycles. The monoisotopic (exact) mass is 251 g/mol. The van der Waals surface area contributed by atoms with Crippen molar-refractivity contribution in [3.05, 3.63) is 14.5 Å². The molecule has 12 heavy (non-hydrogen) atoms. The smallest absolute Gasteiger partial charge is 0.259 e. The normalized spacial score (nSPS) is 13.9. The van der Waals surface area contributed by atoms with E-state index in [0.29, 0.717) is 0 Å². The Morgan fingerprint density at radius 3 is 2.33 bits per heavy atom. The van der Waals surface area contributed by atoms with Gasteiger partial charge in [-0.15, -0.1) is 0 Å². The first-order valence-corrected chi connectivity index (χ1v) is 2.85. The van der Waals surface area contributed by atoms with E-state index in [4.69, 9.17) is 12.3 Å². The number of rotatable bonds is 3. The number of hydrogen-bond donors (Lipinski definition) is 4. The van der Waals surface area contributed by atoms with E-state index in [9.17, 15) is 4.79 Å². The molecule has 0 aromatic heterocycles. The first-order valence-electron chi connectivity index (χ1n) is 3.56. The van der Waals surface area contributed by atoms with Gasteiger partial charge in [-0.25, -0.2) is 6.85 Å². The van der Waals surface area contributed by atoms with E-state index in [1.807, 2.05) is 0 Å². The van der Waals surface area contributed by atoms with Gasteiger partial charge in [-0.2, -0.15) is 0 Å². The molecule has 0 saturated carbocycles. The van der Waals surface area contributed by atoms with Gasteiger partial charge >= 0.3 is 0 Å². The maximum absolute atomic E-state index is 10.6. The van der Waals surface area contributed by atoms with Crippen molar-refractivity contribution in [2.24, 2.45) is 5.73 Å². The second kappa shape index (κ2) is 9.54. The summed E-state index contributed by atoms with van der Waals surface area (Å²) in [5, 5.41) is 10.6. The summed E-state index contributed by atoms with van der Waals surface area (Å²) in [5.41, 5.74) is 6.83. The molecular weight excluding hydrogens is 235 g/mol. The summed E-state index contributed by atoms with van der Waals surface area (Å²) in [6.45, 7) is 1.64. The van der Waals surface area contributed by atoms with E-state index in [1.54, 1.807) is 6.92 Å². The molecule has 0 spiro atoms. The van der Waals surface area contributed by atoms with Crippen LogP contribution in [0.3, 0.4) is 0 Å². The molecule has 1 amide bonds. The summed E-state index contributed by atoms with van der Waals surface area (Å²) >= 11 is 0. The molecule has 0 aliphatic rings. The van der Waals surface area contributed by atoms with Crippen LogP contribution >= 0.6 is 0 Å². The molecule has 5 nitrogen and oxygen atoms in total. The van der Waals surface area contributed by atoms with E-state index in [-0.39, 0.29) is 38.8 Å². The quantitative estimate of drug-likeness (QED) is 0.295. The molecule has 1 radical (unpaired) electrons. The molecule has 0 bridgehead atoms. The topological polar surface area (TPSA) is 87.4 Å². The van der Waals surface area contributed by atoms with Crippen LogP contribution in [-0.2, 0) is 37.5 Å². The predicted octanol–water partition coefficient (Wildman–Crippen LogP) is -0.963. The maximum Gasteiger partial charge on any atom is 0.259 e. The molecule has 0 aliphatic heterocycles. The molecule has 0 fully saturated rings. The molecule has 71 valence electrons. The molecule has 0 aromatic rings. The fourth-order valence-corrected chi connectivity index (χ4v) is 0.587. The van der Waals surface area contributed by atoms with Gasteiger partial charge in [0.25, 0.3) is 5.91 Å². The Balaban J connectivity index is -0.000000309. The first kappa shape index (κ1) is 15.0. The summed E-state index contributed by atoms with van der Waals surface area (Å²) in [7, 11) is 5.77. The zero-order chi connectivity index (χ0) is 10.1. The van der Waals surface area contributed by atoms with E-state index in [2.05, 4.69) is 19.8 Å². The average molecular weight is 251 g/mol. The van der Waals surface area contributed by atoms with Crippen LogP contribution in [0.15, 0.2) is 0 Å². The van der Waals surface area contributed by atoms with Gasteiger partial charge in [-0.3, -0.25) is 17.0 Å². The first-order chi connectivity index (χ1) is 5.63. The summed E-state index contributed by atoms with van der Waals surface area (Å²) in [6, 6.07) is -1.03. The molecular formula is C6H15N3O2Y-2. The molecule has 2 unspecified atom stereocenters. The van der Waals surface area contributed by atoms with Crippen LogP contribution in [0, 0.1) is 14.5 Å². The van der Waals surface area contributed by atoms with Crippen LogP contribution in [0.1, 0.15) is 8.29 Å². The van der Waals surface area contributed by atoms with Gasteiger partial charge in [0, 0.05) is 38.8 Å². The van der Waals surface area contributed by atoms with Crippen LogP contribution in [0.4, 0.5) is 0 Å². The van der Waals surface area contributed by atoms with Crippen molar-refractivity contribution in [2.45, 2.75) is 19.0 Å². The fourth-order valence-electron chi connectivity index (χ4n) is 0.587. The fraction of sp³-hybridized carbons (Fsp3) is 0.500. The van der Waals surface area contributed by atoms with Crippen molar-refractivity contribution >= 4 is 5.91 Å². The van der Waals surface area contributed by atoms with Crippen molar-refractivity contribution < 1.29 is 44.1 Å². The Morgan fingerprint density at radius 2 is 2.25 bits per heavy atom. The van der Waals surface area contributed by atoms with Crippen LogP contribution in [0.5, 0.6) is 0 Å². The van der Waals surface area contributed by atoms with Crippen LogP contribution in [-0.4, -0.2) is 23.2 Å². The average Bonchev–Trinajstić information content (AvgIpc) is 2.08. The van der Waals surface area contributed by atoms with Crippen molar-refractivity contribution in [3.63, 3.8) is 0 Å². The Kier molecular flexibility index (Phi) is 11.9. The van der Waals surface area contributed by atoms with Gasteiger partial charge in [-0.05, 0) is 6.92 Å². The van der Waals surface area contributed by atoms with E-state index in [1.165, 1.54) is 5.48 Å². The molecule has 0 saturated heterocycles. The SMILES string of the molecule is [2H][CH2-].[CH2-]NC(C(=O)NO)C(C)N.[Y]. The summed E-state index contributed by atoms with van der Waals surface area (Å²) in [4.78, 5) is 10.6. The number of nitrogens with two attached hydrogens (primary N) is 1. The van der Waals surface area contributed by atoms with Crippen molar-refractivity contribution in [1.29, 1.82) is 0 Å². The van der Waals surface area contributed by atoms with Gasteiger partial charge in [0.1, 0.15) is 0 Å². The van der Waals surface area contributed by atoms with Gasteiger partial charge in [0.2, 0.25) is 0 Å². The summed E-state index contributed by atoms with van der Waals surface area (Å²) < 4.78 is 5.50. The van der Waals surface area contributed by atoms with Gasteiger partial charge in [-0.1, -0.05) is 0 Å². The molecule has 0 aliphatic carbocycles. The molecule has 6 heteroatoms. The number of nitrogens with one attached hydrogen (secondary N) is 2. The van der Waals surface area contributed by atoms with E-state index < -0.39 is 11.9 Å². The molecule has 0 rings (SSSR count). The second-order valence-electron chi connectivity index (χ2n) is 2.02. The van der Waals surface area contributed by atoms with E-state index >= 15 is 0 Å². The number of hydrogen-bond acceptors (Lipinski definition) is 4. The number of carbonyl (C=O) groups is 1. The zero-order valence-electron chi connectivity index (χ0n) is 8.08. The third kappa shape index (κ3) is 6.02. The van der Waals surface area contributed by atoms with Crippen LogP contribution < -0.4 is 16.5 Å². The molecule has 0 aromatic carbocycles. The number of amides is 1. The van der Waals surface area contributed by atoms with Crippen molar-refractivity contribution in [3.8, 4) is 0 Å². The minimum absolute atomic E-state index is 0. The third-order valence-corrected chi connectivity index (χ3v) is 1.14. The van der Waals surface area contributed by atoms with Crippen LogP contribution in [0.2, 0.25) is 0 Å². The van der Waals surface area contributed by atoms with Gasteiger partial charge in [0.05, 0.1) is 6.04 Å². The minimum atomic E-state index is -0.648.